The standard InChI is InChI=1S/C18H14ClN3O2/c19-13-7-5-12(6-8-13)16-9-20-18(24-16)10-22-15-4-2-1-3-14(15)21-17(22)11-23/h1-9,23H,10-11H2. The maximum absolute atomic E-state index is 9.56. The van der Waals surface area contributed by atoms with Crippen LogP contribution in [0.1, 0.15) is 11.7 Å². The highest BCUT2D eigenvalue weighted by Crippen LogP contribution is 2.24. The van der Waals surface area contributed by atoms with Crippen LogP contribution in [0.5, 0.6) is 0 Å². The first-order valence-corrected chi connectivity index (χ1v) is 7.88. The largest absolute Gasteiger partial charge is 0.439 e. The van der Waals surface area contributed by atoms with E-state index in [-0.39, 0.29) is 6.61 Å². The number of aromatic nitrogens is 3. The molecule has 2 aromatic heterocycles. The van der Waals surface area contributed by atoms with E-state index in [9.17, 15) is 5.11 Å². The van der Waals surface area contributed by atoms with Gasteiger partial charge in [0.1, 0.15) is 19.0 Å². The van der Waals surface area contributed by atoms with Crippen molar-refractivity contribution in [3.05, 3.63) is 71.5 Å². The minimum atomic E-state index is -0.139. The molecule has 0 bridgehead atoms. The number of nitrogens with zero attached hydrogens (tertiary/aromatic N) is 3. The zero-order valence-electron chi connectivity index (χ0n) is 12.7. The highest BCUT2D eigenvalue weighted by atomic mass is 35.5. The topological polar surface area (TPSA) is 64.1 Å². The Kier molecular flexibility index (Phi) is 3.80. The van der Waals surface area contributed by atoms with Gasteiger partial charge < -0.3 is 14.1 Å². The fourth-order valence-electron chi connectivity index (χ4n) is 2.69. The van der Waals surface area contributed by atoms with Crippen LogP contribution in [0.3, 0.4) is 0 Å². The number of aliphatic hydroxyl groups excluding tert-OH is 1. The summed E-state index contributed by atoms with van der Waals surface area (Å²) in [6.07, 6.45) is 1.69. The van der Waals surface area contributed by atoms with Crippen molar-refractivity contribution in [2.24, 2.45) is 0 Å². The van der Waals surface area contributed by atoms with Crippen molar-refractivity contribution >= 4 is 22.6 Å². The Bertz CT molecular complexity index is 989. The van der Waals surface area contributed by atoms with Gasteiger partial charge in [-0.05, 0) is 36.4 Å². The number of imidazole rings is 1. The molecule has 0 amide bonds. The van der Waals surface area contributed by atoms with Crippen LogP contribution >= 0.6 is 11.6 Å². The predicted molar refractivity (Wildman–Crippen MR) is 91.7 cm³/mol. The van der Waals surface area contributed by atoms with E-state index in [0.29, 0.717) is 29.0 Å². The summed E-state index contributed by atoms with van der Waals surface area (Å²) in [6.45, 7) is 0.267. The Labute approximate surface area is 143 Å². The summed E-state index contributed by atoms with van der Waals surface area (Å²) in [4.78, 5) is 8.77. The molecular weight excluding hydrogens is 326 g/mol. The monoisotopic (exact) mass is 339 g/mol. The fourth-order valence-corrected chi connectivity index (χ4v) is 2.81. The Hall–Kier alpha value is -2.63. The van der Waals surface area contributed by atoms with Crippen molar-refractivity contribution in [1.29, 1.82) is 0 Å². The molecule has 5 nitrogen and oxygen atoms in total. The molecule has 0 spiro atoms. The number of rotatable bonds is 4. The van der Waals surface area contributed by atoms with Gasteiger partial charge in [-0.25, -0.2) is 9.97 Å². The van der Waals surface area contributed by atoms with Crippen molar-refractivity contribution in [3.8, 4) is 11.3 Å². The van der Waals surface area contributed by atoms with Crippen molar-refractivity contribution < 1.29 is 9.52 Å². The normalized spacial score (nSPS) is 11.2. The summed E-state index contributed by atoms with van der Waals surface area (Å²) >= 11 is 5.91. The van der Waals surface area contributed by atoms with E-state index in [1.165, 1.54) is 0 Å². The van der Waals surface area contributed by atoms with Gasteiger partial charge in [-0.2, -0.15) is 0 Å². The highest BCUT2D eigenvalue weighted by Gasteiger charge is 2.13. The second-order valence-electron chi connectivity index (χ2n) is 5.39. The molecular formula is C18H14ClN3O2. The van der Waals surface area contributed by atoms with Gasteiger partial charge in [0.05, 0.1) is 17.2 Å². The average molecular weight is 340 g/mol. The third kappa shape index (κ3) is 2.68. The third-order valence-corrected chi connectivity index (χ3v) is 4.10. The number of benzene rings is 2. The van der Waals surface area contributed by atoms with Crippen molar-refractivity contribution in [2.75, 3.05) is 0 Å². The van der Waals surface area contributed by atoms with Gasteiger partial charge in [-0.15, -0.1) is 0 Å². The van der Waals surface area contributed by atoms with Gasteiger partial charge in [-0.1, -0.05) is 23.7 Å². The second kappa shape index (κ2) is 6.11. The van der Waals surface area contributed by atoms with Crippen LogP contribution in [0.2, 0.25) is 5.02 Å². The van der Waals surface area contributed by atoms with E-state index >= 15 is 0 Å². The molecule has 6 heteroatoms. The van der Waals surface area contributed by atoms with Crippen LogP contribution in [0.15, 0.2) is 59.1 Å². The maximum Gasteiger partial charge on any atom is 0.214 e. The fraction of sp³-hybridized carbons (Fsp3) is 0.111. The molecule has 4 rings (SSSR count). The van der Waals surface area contributed by atoms with Gasteiger partial charge in [0.25, 0.3) is 0 Å². The zero-order chi connectivity index (χ0) is 16.5. The first kappa shape index (κ1) is 14.9. The molecule has 0 aliphatic rings. The van der Waals surface area contributed by atoms with E-state index in [1.807, 2.05) is 53.1 Å². The van der Waals surface area contributed by atoms with E-state index in [2.05, 4.69) is 9.97 Å². The highest BCUT2D eigenvalue weighted by molar-refractivity contribution is 6.30. The summed E-state index contributed by atoms with van der Waals surface area (Å²) in [5.41, 5.74) is 2.69. The van der Waals surface area contributed by atoms with E-state index in [0.717, 1.165) is 16.6 Å². The Morgan fingerprint density at radius 1 is 1.08 bits per heavy atom. The molecule has 0 unspecified atom stereocenters. The first-order chi connectivity index (χ1) is 11.7. The Morgan fingerprint density at radius 3 is 2.67 bits per heavy atom. The van der Waals surface area contributed by atoms with Crippen LogP contribution in [0, 0.1) is 0 Å². The smallest absolute Gasteiger partial charge is 0.214 e. The molecule has 24 heavy (non-hydrogen) atoms. The van der Waals surface area contributed by atoms with Gasteiger partial charge >= 0.3 is 0 Å². The predicted octanol–water partition coefficient (Wildman–Crippen LogP) is 3.89. The van der Waals surface area contributed by atoms with Crippen molar-refractivity contribution in [3.63, 3.8) is 0 Å². The van der Waals surface area contributed by atoms with E-state index < -0.39 is 0 Å². The lowest BCUT2D eigenvalue weighted by Gasteiger charge is -2.04. The Morgan fingerprint density at radius 2 is 1.88 bits per heavy atom. The van der Waals surface area contributed by atoms with E-state index in [1.54, 1.807) is 6.20 Å². The molecule has 0 saturated carbocycles. The van der Waals surface area contributed by atoms with Crippen LogP contribution in [-0.4, -0.2) is 19.6 Å². The first-order valence-electron chi connectivity index (χ1n) is 7.50. The lowest BCUT2D eigenvalue weighted by Crippen LogP contribution is -2.05. The lowest BCUT2D eigenvalue weighted by molar-refractivity contribution is 0.266. The molecule has 1 N–H and O–H groups in total. The van der Waals surface area contributed by atoms with Crippen molar-refractivity contribution in [2.45, 2.75) is 13.2 Å². The van der Waals surface area contributed by atoms with Gasteiger partial charge in [-0.3, -0.25) is 0 Å². The SMILES string of the molecule is OCc1nc2ccccc2n1Cc1ncc(-c2ccc(Cl)cc2)o1. The average Bonchev–Trinajstić information content (AvgIpc) is 3.21. The molecule has 2 aromatic carbocycles. The number of oxazole rings is 1. The summed E-state index contributed by atoms with van der Waals surface area (Å²) in [6, 6.07) is 15.1. The molecule has 0 radical (unpaired) electrons. The molecule has 4 aromatic rings. The summed E-state index contributed by atoms with van der Waals surface area (Å²) in [5, 5.41) is 10.2. The second-order valence-corrected chi connectivity index (χ2v) is 5.82. The van der Waals surface area contributed by atoms with E-state index in [4.69, 9.17) is 16.0 Å². The Balaban J connectivity index is 1.68. The summed E-state index contributed by atoms with van der Waals surface area (Å²) in [5.74, 6) is 1.82. The van der Waals surface area contributed by atoms with Crippen LogP contribution in [-0.2, 0) is 13.2 Å². The minimum Gasteiger partial charge on any atom is -0.439 e. The number of hydrogen-bond donors (Lipinski definition) is 1. The zero-order valence-corrected chi connectivity index (χ0v) is 13.4. The molecule has 0 aliphatic carbocycles. The molecule has 0 atom stereocenters. The van der Waals surface area contributed by atoms with Crippen LogP contribution < -0.4 is 0 Å². The molecule has 0 aliphatic heterocycles. The lowest BCUT2D eigenvalue weighted by atomic mass is 10.2. The maximum atomic E-state index is 9.56. The summed E-state index contributed by atoms with van der Waals surface area (Å²) in [7, 11) is 0. The molecule has 0 fully saturated rings. The van der Waals surface area contributed by atoms with Crippen molar-refractivity contribution in [1.82, 2.24) is 14.5 Å². The number of halogens is 1. The molecule has 2 heterocycles. The van der Waals surface area contributed by atoms with Gasteiger partial charge in [0, 0.05) is 10.6 Å². The third-order valence-electron chi connectivity index (χ3n) is 3.85. The minimum absolute atomic E-state index is 0.139. The molecule has 120 valence electrons. The van der Waals surface area contributed by atoms with Crippen LogP contribution in [0.25, 0.3) is 22.4 Å². The number of hydrogen-bond acceptors (Lipinski definition) is 4. The number of para-hydroxylation sites is 2. The van der Waals surface area contributed by atoms with Crippen LogP contribution in [0.4, 0.5) is 0 Å². The summed E-state index contributed by atoms with van der Waals surface area (Å²) < 4.78 is 7.76. The van der Waals surface area contributed by atoms with Gasteiger partial charge in [0.15, 0.2) is 5.76 Å². The molecule has 0 saturated heterocycles. The number of aliphatic hydroxyl groups is 1. The van der Waals surface area contributed by atoms with Gasteiger partial charge in [0.2, 0.25) is 5.89 Å². The quantitative estimate of drug-likeness (QED) is 0.612. The number of fused-ring (bicyclic) bond motifs is 1.